The summed E-state index contributed by atoms with van der Waals surface area (Å²) in [6.07, 6.45) is 0. The third-order valence-corrected chi connectivity index (χ3v) is 7.16. The summed E-state index contributed by atoms with van der Waals surface area (Å²) in [5.41, 5.74) is 3.16. The predicted molar refractivity (Wildman–Crippen MR) is 144 cm³/mol. The SMILES string of the molecule is CC(c1nc(-c2ccccc2)no1)N1CCN(CC(=O)N(C)C(c2ccccc2)c2ccccc2)CC1. The Bertz CT molecular complexity index is 1230. The first-order valence-electron chi connectivity index (χ1n) is 12.8. The fourth-order valence-electron chi connectivity index (χ4n) is 4.93. The Kier molecular flexibility index (Phi) is 7.73. The van der Waals surface area contributed by atoms with Crippen LogP contribution < -0.4 is 0 Å². The van der Waals surface area contributed by atoms with Crippen LogP contribution in [0.15, 0.2) is 95.5 Å². The Labute approximate surface area is 218 Å². The van der Waals surface area contributed by atoms with Gasteiger partial charge in [-0.1, -0.05) is 96.2 Å². The third-order valence-electron chi connectivity index (χ3n) is 7.16. The van der Waals surface area contributed by atoms with Crippen molar-refractivity contribution in [3.63, 3.8) is 0 Å². The molecule has 7 heteroatoms. The van der Waals surface area contributed by atoms with E-state index in [1.165, 1.54) is 0 Å². The number of rotatable bonds is 8. The molecule has 2 heterocycles. The molecule has 0 spiro atoms. The smallest absolute Gasteiger partial charge is 0.244 e. The molecule has 0 radical (unpaired) electrons. The summed E-state index contributed by atoms with van der Waals surface area (Å²) in [4.78, 5) is 24.5. The first kappa shape index (κ1) is 24.9. The molecule has 0 saturated carbocycles. The standard InChI is InChI=1S/C30H33N5O2/c1-23(30-31-29(32-37-30)26-16-10-5-11-17-26)35-20-18-34(19-21-35)22-27(36)33(2)28(24-12-6-3-7-13-24)25-14-8-4-9-15-25/h3-17,23,28H,18-22H2,1-2H3. The Morgan fingerprint density at radius 1 is 0.865 bits per heavy atom. The fraction of sp³-hybridized carbons (Fsp3) is 0.300. The number of amides is 1. The van der Waals surface area contributed by atoms with Gasteiger partial charge in [-0.25, -0.2) is 0 Å². The Hall–Kier alpha value is -3.81. The zero-order chi connectivity index (χ0) is 25.6. The number of nitrogens with zero attached hydrogens (tertiary/aromatic N) is 5. The molecule has 1 aromatic heterocycles. The van der Waals surface area contributed by atoms with Gasteiger partial charge < -0.3 is 9.42 Å². The van der Waals surface area contributed by atoms with Crippen LogP contribution in [-0.4, -0.2) is 70.5 Å². The molecule has 7 nitrogen and oxygen atoms in total. The van der Waals surface area contributed by atoms with Crippen molar-refractivity contribution in [3.05, 3.63) is 108 Å². The molecule has 0 bridgehead atoms. The van der Waals surface area contributed by atoms with E-state index in [1.54, 1.807) is 0 Å². The fourth-order valence-corrected chi connectivity index (χ4v) is 4.93. The molecule has 37 heavy (non-hydrogen) atoms. The molecule has 1 aliphatic rings. The molecule has 1 atom stereocenters. The van der Waals surface area contributed by atoms with Crippen molar-refractivity contribution in [2.24, 2.45) is 0 Å². The van der Waals surface area contributed by atoms with E-state index in [1.807, 2.05) is 78.7 Å². The molecule has 3 aromatic carbocycles. The number of likely N-dealkylation sites (N-methyl/N-ethyl adjacent to an activating group) is 1. The summed E-state index contributed by atoms with van der Waals surface area (Å²) in [7, 11) is 1.91. The van der Waals surface area contributed by atoms with Crippen LogP contribution in [0.25, 0.3) is 11.4 Å². The largest absolute Gasteiger partial charge is 0.337 e. The van der Waals surface area contributed by atoms with Gasteiger partial charge in [-0.2, -0.15) is 4.98 Å². The molecule has 4 aromatic rings. The quantitative estimate of drug-likeness (QED) is 0.354. The molecule has 1 unspecified atom stereocenters. The molecule has 1 aliphatic heterocycles. The molecule has 1 saturated heterocycles. The van der Waals surface area contributed by atoms with Gasteiger partial charge in [0.1, 0.15) is 0 Å². The maximum Gasteiger partial charge on any atom is 0.244 e. The minimum atomic E-state index is -0.118. The van der Waals surface area contributed by atoms with Crippen molar-refractivity contribution in [2.75, 3.05) is 39.8 Å². The number of benzene rings is 3. The molecule has 1 amide bonds. The Balaban J connectivity index is 1.19. The summed E-state index contributed by atoms with van der Waals surface area (Å²) in [6, 6.07) is 30.2. The first-order valence-corrected chi connectivity index (χ1v) is 12.8. The first-order chi connectivity index (χ1) is 18.1. The van der Waals surface area contributed by atoms with Gasteiger partial charge in [0.2, 0.25) is 17.6 Å². The maximum atomic E-state index is 13.4. The van der Waals surface area contributed by atoms with E-state index in [2.05, 4.69) is 51.1 Å². The van der Waals surface area contributed by atoms with Crippen LogP contribution >= 0.6 is 0 Å². The lowest BCUT2D eigenvalue weighted by Gasteiger charge is -2.37. The second-order valence-electron chi connectivity index (χ2n) is 9.54. The van der Waals surface area contributed by atoms with E-state index in [4.69, 9.17) is 4.52 Å². The van der Waals surface area contributed by atoms with E-state index >= 15 is 0 Å². The Morgan fingerprint density at radius 3 is 1.97 bits per heavy atom. The highest BCUT2D eigenvalue weighted by molar-refractivity contribution is 5.79. The molecule has 1 fully saturated rings. The molecule has 0 N–H and O–H groups in total. The van der Waals surface area contributed by atoms with Crippen LogP contribution in [0.5, 0.6) is 0 Å². The van der Waals surface area contributed by atoms with Crippen molar-refractivity contribution in [2.45, 2.75) is 19.0 Å². The highest BCUT2D eigenvalue weighted by atomic mass is 16.5. The number of carbonyl (C=O) groups is 1. The van der Waals surface area contributed by atoms with Gasteiger partial charge in [0.15, 0.2) is 0 Å². The zero-order valence-corrected chi connectivity index (χ0v) is 21.4. The number of carbonyl (C=O) groups excluding carboxylic acids is 1. The van der Waals surface area contributed by atoms with Crippen molar-refractivity contribution in [3.8, 4) is 11.4 Å². The number of hydrogen-bond donors (Lipinski definition) is 0. The lowest BCUT2D eigenvalue weighted by atomic mass is 9.97. The molecule has 190 valence electrons. The summed E-state index contributed by atoms with van der Waals surface area (Å²) in [5.74, 6) is 1.35. The minimum absolute atomic E-state index is 0.0195. The van der Waals surface area contributed by atoms with Crippen molar-refractivity contribution in [1.82, 2.24) is 24.8 Å². The van der Waals surface area contributed by atoms with Crippen molar-refractivity contribution < 1.29 is 9.32 Å². The van der Waals surface area contributed by atoms with Crippen LogP contribution in [0, 0.1) is 0 Å². The van der Waals surface area contributed by atoms with Gasteiger partial charge in [-0.3, -0.25) is 14.6 Å². The summed E-state index contributed by atoms with van der Waals surface area (Å²) < 4.78 is 5.59. The monoisotopic (exact) mass is 495 g/mol. The van der Waals surface area contributed by atoms with E-state index in [-0.39, 0.29) is 18.0 Å². The van der Waals surface area contributed by atoms with Gasteiger partial charge in [-0.05, 0) is 18.1 Å². The van der Waals surface area contributed by atoms with Crippen molar-refractivity contribution >= 4 is 5.91 Å². The second-order valence-corrected chi connectivity index (χ2v) is 9.54. The molecule has 5 rings (SSSR count). The van der Waals surface area contributed by atoms with Crippen LogP contribution in [0.3, 0.4) is 0 Å². The molecule has 0 aliphatic carbocycles. The van der Waals surface area contributed by atoms with Crippen molar-refractivity contribution in [1.29, 1.82) is 0 Å². The highest BCUT2D eigenvalue weighted by Crippen LogP contribution is 2.28. The average molecular weight is 496 g/mol. The maximum absolute atomic E-state index is 13.4. The summed E-state index contributed by atoms with van der Waals surface area (Å²) in [6.45, 7) is 5.79. The third kappa shape index (κ3) is 5.79. The van der Waals surface area contributed by atoms with E-state index in [0.717, 1.165) is 42.9 Å². The molecular weight excluding hydrogens is 462 g/mol. The van der Waals surface area contributed by atoms with E-state index in [0.29, 0.717) is 18.3 Å². The summed E-state index contributed by atoms with van der Waals surface area (Å²) in [5, 5.41) is 4.17. The van der Waals surface area contributed by atoms with Gasteiger partial charge >= 0.3 is 0 Å². The van der Waals surface area contributed by atoms with E-state index < -0.39 is 0 Å². The normalized spacial score (nSPS) is 15.5. The van der Waals surface area contributed by atoms with Gasteiger partial charge in [0.25, 0.3) is 0 Å². The zero-order valence-electron chi connectivity index (χ0n) is 21.4. The van der Waals surface area contributed by atoms with Crippen LogP contribution in [-0.2, 0) is 4.79 Å². The van der Waals surface area contributed by atoms with Crippen LogP contribution in [0.4, 0.5) is 0 Å². The second kappa shape index (κ2) is 11.5. The molecular formula is C30H33N5O2. The minimum Gasteiger partial charge on any atom is -0.337 e. The van der Waals surface area contributed by atoms with Gasteiger partial charge in [0.05, 0.1) is 18.6 Å². The lowest BCUT2D eigenvalue weighted by Crippen LogP contribution is -2.50. The van der Waals surface area contributed by atoms with Gasteiger partial charge in [0, 0.05) is 38.8 Å². The lowest BCUT2D eigenvalue weighted by molar-refractivity contribution is -0.133. The Morgan fingerprint density at radius 2 is 1.41 bits per heavy atom. The number of hydrogen-bond acceptors (Lipinski definition) is 6. The average Bonchev–Trinajstić information content (AvgIpc) is 3.45. The van der Waals surface area contributed by atoms with Crippen LogP contribution in [0.1, 0.15) is 36.0 Å². The number of aromatic nitrogens is 2. The van der Waals surface area contributed by atoms with E-state index in [9.17, 15) is 4.79 Å². The summed E-state index contributed by atoms with van der Waals surface area (Å²) >= 11 is 0. The van der Waals surface area contributed by atoms with Gasteiger partial charge in [-0.15, -0.1) is 0 Å². The highest BCUT2D eigenvalue weighted by Gasteiger charge is 2.29. The van der Waals surface area contributed by atoms with Crippen LogP contribution in [0.2, 0.25) is 0 Å². The predicted octanol–water partition coefficient (Wildman–Crippen LogP) is 4.66. The topological polar surface area (TPSA) is 65.7 Å². The number of piperazine rings is 1.